The number of nitrogens with zero attached hydrogens (tertiary/aromatic N) is 2. The van der Waals surface area contributed by atoms with Gasteiger partial charge in [-0.05, 0) is 31.9 Å². The number of primary amides is 1. The zero-order valence-electron chi connectivity index (χ0n) is 12.5. The first-order valence-electron chi connectivity index (χ1n) is 7.21. The fraction of sp³-hybridized carbons (Fsp3) is 0.500. The van der Waals surface area contributed by atoms with Gasteiger partial charge in [0.25, 0.3) is 0 Å². The van der Waals surface area contributed by atoms with Crippen LogP contribution in [-0.2, 0) is 11.3 Å². The number of unbranched alkanes of at least 4 members (excludes halogenated alkanes) is 1. The standard InChI is InChI=1S/C16H23N3O2/c1-14(21-16(18)20)9-12-19(11-6-5-10-17)13-15-7-3-2-4-8-15/h2-4,7-8,14H,5-6,9,11-13H2,1H3,(H2,18,20)/t14-/m1/s1. The molecule has 0 aliphatic rings. The van der Waals surface area contributed by atoms with E-state index in [1.165, 1.54) is 5.56 Å². The number of carbonyl (C=O) groups is 1. The van der Waals surface area contributed by atoms with E-state index in [1.807, 2.05) is 25.1 Å². The first-order chi connectivity index (χ1) is 10.1. The van der Waals surface area contributed by atoms with Gasteiger partial charge >= 0.3 is 6.09 Å². The Morgan fingerprint density at radius 1 is 1.38 bits per heavy atom. The molecule has 2 N–H and O–H groups in total. The van der Waals surface area contributed by atoms with Crippen molar-refractivity contribution in [1.29, 1.82) is 5.26 Å². The zero-order valence-corrected chi connectivity index (χ0v) is 12.5. The summed E-state index contributed by atoms with van der Waals surface area (Å²) in [5.41, 5.74) is 6.24. The second-order valence-corrected chi connectivity index (χ2v) is 5.06. The predicted molar refractivity (Wildman–Crippen MR) is 81.3 cm³/mol. The Bertz CT molecular complexity index is 456. The number of nitrogens with two attached hydrogens (primary N) is 1. The smallest absolute Gasteiger partial charge is 0.404 e. The van der Waals surface area contributed by atoms with E-state index in [2.05, 4.69) is 23.1 Å². The summed E-state index contributed by atoms with van der Waals surface area (Å²) in [6.45, 7) is 4.32. The fourth-order valence-electron chi connectivity index (χ4n) is 2.11. The van der Waals surface area contributed by atoms with E-state index < -0.39 is 6.09 Å². The van der Waals surface area contributed by atoms with Crippen LogP contribution in [0.2, 0.25) is 0 Å². The summed E-state index contributed by atoms with van der Waals surface area (Å²) >= 11 is 0. The Labute approximate surface area is 126 Å². The van der Waals surface area contributed by atoms with E-state index in [0.717, 1.165) is 32.5 Å². The van der Waals surface area contributed by atoms with Crippen molar-refractivity contribution in [3.63, 3.8) is 0 Å². The van der Waals surface area contributed by atoms with Crippen molar-refractivity contribution in [2.75, 3.05) is 13.1 Å². The predicted octanol–water partition coefficient (Wildman–Crippen LogP) is 2.67. The molecule has 0 saturated carbocycles. The minimum atomic E-state index is -0.735. The Kier molecular flexibility index (Phi) is 7.92. The molecule has 1 atom stereocenters. The molecule has 0 heterocycles. The molecule has 0 aliphatic heterocycles. The molecule has 0 aliphatic carbocycles. The minimum absolute atomic E-state index is 0.197. The van der Waals surface area contributed by atoms with Crippen LogP contribution in [0.5, 0.6) is 0 Å². The van der Waals surface area contributed by atoms with Crippen molar-refractivity contribution in [3.8, 4) is 6.07 Å². The number of carbonyl (C=O) groups excluding carboxylic acids is 1. The summed E-state index contributed by atoms with van der Waals surface area (Å²) in [4.78, 5) is 13.0. The number of rotatable bonds is 9. The van der Waals surface area contributed by atoms with E-state index in [4.69, 9.17) is 15.7 Å². The Morgan fingerprint density at radius 3 is 2.71 bits per heavy atom. The van der Waals surface area contributed by atoms with Crippen LogP contribution in [0, 0.1) is 11.3 Å². The molecule has 114 valence electrons. The summed E-state index contributed by atoms with van der Waals surface area (Å²) in [6, 6.07) is 12.4. The number of nitriles is 1. The van der Waals surface area contributed by atoms with Crippen molar-refractivity contribution in [3.05, 3.63) is 35.9 Å². The number of amides is 1. The van der Waals surface area contributed by atoms with Crippen LogP contribution in [0.4, 0.5) is 4.79 Å². The third-order valence-electron chi connectivity index (χ3n) is 3.18. The molecule has 5 heteroatoms. The molecule has 1 aromatic rings. The molecule has 0 unspecified atom stereocenters. The SMILES string of the molecule is C[C@H](CCN(CCCC#N)Cc1ccccc1)OC(N)=O. The maximum absolute atomic E-state index is 10.7. The van der Waals surface area contributed by atoms with Gasteiger partial charge in [-0.3, -0.25) is 4.90 Å². The Hall–Kier alpha value is -2.06. The first-order valence-corrected chi connectivity index (χ1v) is 7.21. The highest BCUT2D eigenvalue weighted by Gasteiger charge is 2.11. The van der Waals surface area contributed by atoms with Crippen molar-refractivity contribution in [2.45, 2.75) is 38.8 Å². The molecule has 0 bridgehead atoms. The largest absolute Gasteiger partial charge is 0.447 e. The van der Waals surface area contributed by atoms with E-state index in [9.17, 15) is 4.79 Å². The quantitative estimate of drug-likeness (QED) is 0.709. The molecule has 0 fully saturated rings. The van der Waals surface area contributed by atoms with Gasteiger partial charge in [-0.1, -0.05) is 30.3 Å². The second-order valence-electron chi connectivity index (χ2n) is 5.06. The van der Waals surface area contributed by atoms with E-state index >= 15 is 0 Å². The van der Waals surface area contributed by atoms with Gasteiger partial charge in [0.2, 0.25) is 0 Å². The van der Waals surface area contributed by atoms with Crippen LogP contribution in [0.1, 0.15) is 31.7 Å². The average Bonchev–Trinajstić information content (AvgIpc) is 2.45. The lowest BCUT2D eigenvalue weighted by molar-refractivity contribution is 0.101. The molecular weight excluding hydrogens is 266 g/mol. The van der Waals surface area contributed by atoms with E-state index in [1.54, 1.807) is 0 Å². The molecular formula is C16H23N3O2. The van der Waals surface area contributed by atoms with Gasteiger partial charge in [-0.15, -0.1) is 0 Å². The minimum Gasteiger partial charge on any atom is -0.447 e. The van der Waals surface area contributed by atoms with Gasteiger partial charge in [0.15, 0.2) is 0 Å². The lowest BCUT2D eigenvalue weighted by Gasteiger charge is -2.23. The number of benzene rings is 1. The van der Waals surface area contributed by atoms with Crippen molar-refractivity contribution in [1.82, 2.24) is 4.90 Å². The molecule has 1 rings (SSSR count). The first kappa shape index (κ1) is 17.0. The zero-order chi connectivity index (χ0) is 15.5. The van der Waals surface area contributed by atoms with Gasteiger partial charge in [0.05, 0.1) is 6.07 Å². The molecule has 21 heavy (non-hydrogen) atoms. The molecule has 0 radical (unpaired) electrons. The van der Waals surface area contributed by atoms with Crippen molar-refractivity contribution >= 4 is 6.09 Å². The highest BCUT2D eigenvalue weighted by molar-refractivity contribution is 5.64. The van der Waals surface area contributed by atoms with Gasteiger partial charge in [-0.25, -0.2) is 4.79 Å². The lowest BCUT2D eigenvalue weighted by Crippen LogP contribution is -2.29. The normalized spacial score (nSPS) is 11.9. The number of hydrogen-bond acceptors (Lipinski definition) is 4. The summed E-state index contributed by atoms with van der Waals surface area (Å²) < 4.78 is 4.94. The molecule has 0 aromatic heterocycles. The Morgan fingerprint density at radius 2 is 2.10 bits per heavy atom. The molecule has 1 amide bonds. The van der Waals surface area contributed by atoms with Gasteiger partial charge in [-0.2, -0.15) is 5.26 Å². The monoisotopic (exact) mass is 289 g/mol. The van der Waals surface area contributed by atoms with E-state index in [-0.39, 0.29) is 6.10 Å². The van der Waals surface area contributed by atoms with Crippen LogP contribution >= 0.6 is 0 Å². The van der Waals surface area contributed by atoms with Crippen LogP contribution in [0.25, 0.3) is 0 Å². The summed E-state index contributed by atoms with van der Waals surface area (Å²) in [7, 11) is 0. The summed E-state index contributed by atoms with van der Waals surface area (Å²) in [5, 5.41) is 8.65. The topological polar surface area (TPSA) is 79.3 Å². The molecule has 0 saturated heterocycles. The van der Waals surface area contributed by atoms with E-state index in [0.29, 0.717) is 6.42 Å². The van der Waals surface area contributed by atoms with Crippen molar-refractivity contribution < 1.29 is 9.53 Å². The highest BCUT2D eigenvalue weighted by Crippen LogP contribution is 2.08. The van der Waals surface area contributed by atoms with Crippen LogP contribution in [-0.4, -0.2) is 30.2 Å². The molecule has 5 nitrogen and oxygen atoms in total. The Balaban J connectivity index is 2.48. The van der Waals surface area contributed by atoms with Gasteiger partial charge in [0.1, 0.15) is 6.10 Å². The second kappa shape index (κ2) is 9.78. The number of hydrogen-bond donors (Lipinski definition) is 1. The third-order valence-corrected chi connectivity index (χ3v) is 3.18. The maximum atomic E-state index is 10.7. The van der Waals surface area contributed by atoms with Crippen LogP contribution in [0.15, 0.2) is 30.3 Å². The average molecular weight is 289 g/mol. The maximum Gasteiger partial charge on any atom is 0.404 e. The fourth-order valence-corrected chi connectivity index (χ4v) is 2.11. The number of ether oxygens (including phenoxy) is 1. The highest BCUT2D eigenvalue weighted by atomic mass is 16.6. The van der Waals surface area contributed by atoms with Gasteiger partial charge in [0, 0.05) is 19.5 Å². The molecule has 1 aromatic carbocycles. The summed E-state index contributed by atoms with van der Waals surface area (Å²) in [5.74, 6) is 0. The third kappa shape index (κ3) is 7.95. The molecule has 0 spiro atoms. The van der Waals surface area contributed by atoms with Crippen molar-refractivity contribution in [2.24, 2.45) is 5.73 Å². The van der Waals surface area contributed by atoms with Crippen LogP contribution in [0.3, 0.4) is 0 Å². The van der Waals surface area contributed by atoms with Crippen LogP contribution < -0.4 is 5.73 Å². The lowest BCUT2D eigenvalue weighted by atomic mass is 10.2. The summed E-state index contributed by atoms with van der Waals surface area (Å²) in [6.07, 6.45) is 1.19. The van der Waals surface area contributed by atoms with Gasteiger partial charge < -0.3 is 10.5 Å².